The van der Waals surface area contributed by atoms with E-state index in [9.17, 15) is 9.59 Å². The van der Waals surface area contributed by atoms with Crippen LogP contribution in [0.3, 0.4) is 0 Å². The van der Waals surface area contributed by atoms with Crippen LogP contribution in [-0.4, -0.2) is 21.1 Å². The standard InChI is InChI=1S/C17H13Cl2N3O2S/c1-9(15(23)20-14-8-10(18)6-7-12(14)19)25-17-21-13-5-3-2-4-11(13)16(24)22-17/h2-9H,1H3,(H,20,23)(H,21,22,24). The number of benzene rings is 2. The molecule has 128 valence electrons. The van der Waals surface area contributed by atoms with E-state index < -0.39 is 5.25 Å². The van der Waals surface area contributed by atoms with Gasteiger partial charge in [0.15, 0.2) is 5.16 Å². The first-order valence-electron chi connectivity index (χ1n) is 7.35. The first-order valence-corrected chi connectivity index (χ1v) is 8.99. The second-order valence-corrected chi connectivity index (χ2v) is 7.43. The van der Waals surface area contributed by atoms with Gasteiger partial charge in [0.05, 0.1) is 26.9 Å². The minimum atomic E-state index is -0.501. The predicted molar refractivity (Wildman–Crippen MR) is 103 cm³/mol. The lowest BCUT2D eigenvalue weighted by Crippen LogP contribution is -2.23. The van der Waals surface area contributed by atoms with E-state index in [1.807, 2.05) is 0 Å². The molecule has 0 spiro atoms. The maximum absolute atomic E-state index is 12.4. The van der Waals surface area contributed by atoms with Gasteiger partial charge in [-0.05, 0) is 37.3 Å². The monoisotopic (exact) mass is 393 g/mol. The number of hydrogen-bond acceptors (Lipinski definition) is 4. The summed E-state index contributed by atoms with van der Waals surface area (Å²) in [6.07, 6.45) is 0. The van der Waals surface area contributed by atoms with Crippen LogP contribution in [0.5, 0.6) is 0 Å². The third-order valence-electron chi connectivity index (χ3n) is 3.44. The smallest absolute Gasteiger partial charge is 0.259 e. The molecule has 0 fully saturated rings. The molecule has 3 aromatic rings. The number of halogens is 2. The summed E-state index contributed by atoms with van der Waals surface area (Å²) in [6.45, 7) is 1.72. The number of para-hydroxylation sites is 1. The van der Waals surface area contributed by atoms with Crippen molar-refractivity contribution in [3.8, 4) is 0 Å². The molecule has 8 heteroatoms. The molecular formula is C17H13Cl2N3O2S. The van der Waals surface area contributed by atoms with Gasteiger partial charge in [-0.2, -0.15) is 0 Å². The number of fused-ring (bicyclic) bond motifs is 1. The number of nitrogens with one attached hydrogen (secondary N) is 2. The molecule has 1 unspecified atom stereocenters. The van der Waals surface area contributed by atoms with Crippen molar-refractivity contribution < 1.29 is 4.79 Å². The van der Waals surface area contributed by atoms with E-state index in [-0.39, 0.29) is 11.5 Å². The first kappa shape index (κ1) is 17.8. The molecule has 3 rings (SSSR count). The molecule has 2 N–H and O–H groups in total. The molecule has 0 saturated heterocycles. The molecular weight excluding hydrogens is 381 g/mol. The van der Waals surface area contributed by atoms with Crippen molar-refractivity contribution in [2.75, 3.05) is 5.32 Å². The summed E-state index contributed by atoms with van der Waals surface area (Å²) in [5.74, 6) is -0.273. The van der Waals surface area contributed by atoms with E-state index in [0.717, 1.165) is 11.8 Å². The molecule has 1 atom stereocenters. The van der Waals surface area contributed by atoms with Crippen molar-refractivity contribution in [2.24, 2.45) is 0 Å². The van der Waals surface area contributed by atoms with E-state index in [1.165, 1.54) is 0 Å². The van der Waals surface area contributed by atoms with Crippen molar-refractivity contribution in [1.29, 1.82) is 0 Å². The van der Waals surface area contributed by atoms with Crippen molar-refractivity contribution in [1.82, 2.24) is 9.97 Å². The van der Waals surface area contributed by atoms with Crippen LogP contribution >= 0.6 is 35.0 Å². The number of carbonyl (C=O) groups is 1. The highest BCUT2D eigenvalue weighted by atomic mass is 35.5. The van der Waals surface area contributed by atoms with Gasteiger partial charge in [0.25, 0.3) is 5.56 Å². The molecule has 0 bridgehead atoms. The van der Waals surface area contributed by atoms with Gasteiger partial charge >= 0.3 is 0 Å². The highest BCUT2D eigenvalue weighted by Gasteiger charge is 2.18. The largest absolute Gasteiger partial charge is 0.324 e. The normalized spacial score (nSPS) is 12.1. The molecule has 25 heavy (non-hydrogen) atoms. The molecule has 2 aromatic carbocycles. The van der Waals surface area contributed by atoms with E-state index in [2.05, 4.69) is 15.3 Å². The zero-order valence-corrected chi connectivity index (χ0v) is 15.4. The van der Waals surface area contributed by atoms with Crippen molar-refractivity contribution in [3.05, 3.63) is 62.9 Å². The SMILES string of the molecule is CC(Sc1nc2ccccc2c(=O)[nH]1)C(=O)Nc1cc(Cl)ccc1Cl. The Balaban J connectivity index is 1.77. The molecule has 0 aliphatic carbocycles. The highest BCUT2D eigenvalue weighted by Crippen LogP contribution is 2.27. The number of amides is 1. The van der Waals surface area contributed by atoms with Crippen LogP contribution in [0.2, 0.25) is 10.0 Å². The van der Waals surface area contributed by atoms with Crippen LogP contribution in [0.4, 0.5) is 5.69 Å². The van der Waals surface area contributed by atoms with Crippen LogP contribution in [-0.2, 0) is 4.79 Å². The summed E-state index contributed by atoms with van der Waals surface area (Å²) < 4.78 is 0. The average Bonchev–Trinajstić information content (AvgIpc) is 2.58. The fourth-order valence-corrected chi connectivity index (χ4v) is 3.31. The summed E-state index contributed by atoms with van der Waals surface area (Å²) in [5, 5.41) is 3.98. The van der Waals surface area contributed by atoms with Gasteiger partial charge in [0.1, 0.15) is 0 Å². The van der Waals surface area contributed by atoms with Crippen molar-refractivity contribution >= 4 is 57.5 Å². The number of anilines is 1. The molecule has 5 nitrogen and oxygen atoms in total. The summed E-state index contributed by atoms with van der Waals surface area (Å²) in [4.78, 5) is 31.5. The van der Waals surface area contributed by atoms with Gasteiger partial charge in [-0.3, -0.25) is 9.59 Å². The van der Waals surface area contributed by atoms with Crippen LogP contribution in [0.1, 0.15) is 6.92 Å². The minimum absolute atomic E-state index is 0.237. The summed E-state index contributed by atoms with van der Waals surface area (Å²) in [7, 11) is 0. The predicted octanol–water partition coefficient (Wildman–Crippen LogP) is 4.35. The lowest BCUT2D eigenvalue weighted by Gasteiger charge is -2.13. The first-order chi connectivity index (χ1) is 11.9. The summed E-state index contributed by atoms with van der Waals surface area (Å²) in [5.41, 5.74) is 0.782. The van der Waals surface area contributed by atoms with Gasteiger partial charge in [-0.1, -0.05) is 47.1 Å². The third-order valence-corrected chi connectivity index (χ3v) is 4.98. The third kappa shape index (κ3) is 4.15. The fraction of sp³-hybridized carbons (Fsp3) is 0.118. The quantitative estimate of drug-likeness (QED) is 0.510. The van der Waals surface area contributed by atoms with Crippen LogP contribution < -0.4 is 10.9 Å². The number of aromatic amines is 1. The van der Waals surface area contributed by atoms with Gasteiger partial charge in [0.2, 0.25) is 5.91 Å². The van der Waals surface area contributed by atoms with Crippen LogP contribution in [0, 0.1) is 0 Å². The van der Waals surface area contributed by atoms with Crippen LogP contribution in [0.25, 0.3) is 10.9 Å². The van der Waals surface area contributed by atoms with Crippen molar-refractivity contribution in [2.45, 2.75) is 17.3 Å². The molecule has 0 aliphatic heterocycles. The van der Waals surface area contributed by atoms with E-state index >= 15 is 0 Å². The number of thioether (sulfide) groups is 1. The lowest BCUT2D eigenvalue weighted by molar-refractivity contribution is -0.115. The van der Waals surface area contributed by atoms with Gasteiger partial charge < -0.3 is 10.3 Å². The van der Waals surface area contributed by atoms with Crippen molar-refractivity contribution in [3.63, 3.8) is 0 Å². The van der Waals surface area contributed by atoms with E-state index in [4.69, 9.17) is 23.2 Å². The maximum atomic E-state index is 12.4. The lowest BCUT2D eigenvalue weighted by atomic mass is 10.2. The number of rotatable bonds is 4. The Hall–Kier alpha value is -2.02. The summed E-state index contributed by atoms with van der Waals surface area (Å²) in [6, 6.07) is 11.9. The fourth-order valence-electron chi connectivity index (χ4n) is 2.17. The van der Waals surface area contributed by atoms with Crippen LogP contribution in [0.15, 0.2) is 52.4 Å². The maximum Gasteiger partial charge on any atom is 0.259 e. The Morgan fingerprint density at radius 1 is 1.24 bits per heavy atom. The Labute approximate surface area is 157 Å². The van der Waals surface area contributed by atoms with Gasteiger partial charge in [-0.15, -0.1) is 0 Å². The molecule has 0 saturated carbocycles. The number of hydrogen-bond donors (Lipinski definition) is 2. The zero-order valence-electron chi connectivity index (χ0n) is 13.0. The Kier molecular flexibility index (Phi) is 5.32. The number of nitrogens with zero attached hydrogens (tertiary/aromatic N) is 1. The van der Waals surface area contributed by atoms with E-state index in [0.29, 0.717) is 31.8 Å². The number of aromatic nitrogens is 2. The molecule has 1 amide bonds. The van der Waals surface area contributed by atoms with Gasteiger partial charge in [-0.25, -0.2) is 4.98 Å². The molecule has 0 radical (unpaired) electrons. The topological polar surface area (TPSA) is 74.8 Å². The zero-order chi connectivity index (χ0) is 18.0. The van der Waals surface area contributed by atoms with E-state index in [1.54, 1.807) is 49.4 Å². The molecule has 0 aliphatic rings. The average molecular weight is 394 g/mol. The molecule has 1 heterocycles. The van der Waals surface area contributed by atoms with Gasteiger partial charge in [0, 0.05) is 5.02 Å². The second kappa shape index (κ2) is 7.47. The number of H-pyrrole nitrogens is 1. The minimum Gasteiger partial charge on any atom is -0.324 e. The Morgan fingerprint density at radius 2 is 2.00 bits per heavy atom. The summed E-state index contributed by atoms with van der Waals surface area (Å²) >= 11 is 13.1. The molecule has 1 aromatic heterocycles. The Morgan fingerprint density at radius 3 is 2.80 bits per heavy atom. The highest BCUT2D eigenvalue weighted by molar-refractivity contribution is 8.00. The Bertz CT molecular complexity index is 1010. The number of carbonyl (C=O) groups excluding carboxylic acids is 1. The second-order valence-electron chi connectivity index (χ2n) is 5.26.